The van der Waals surface area contributed by atoms with Crippen molar-refractivity contribution in [3.8, 4) is 0 Å². The Morgan fingerprint density at radius 1 is 1.11 bits per heavy atom. The van der Waals surface area contributed by atoms with E-state index in [9.17, 15) is 23.6 Å². The van der Waals surface area contributed by atoms with Crippen LogP contribution in [0.1, 0.15) is 12.8 Å². The molecule has 1 fully saturated rings. The molecule has 1 heterocycles. The van der Waals surface area contributed by atoms with Crippen LogP contribution in [-0.4, -0.2) is 53.6 Å². The van der Waals surface area contributed by atoms with Crippen LogP contribution in [0.5, 0.6) is 0 Å². The zero-order valence-electron chi connectivity index (χ0n) is 14.9. The molecule has 3 rings (SSSR count). The second-order valence-corrected chi connectivity index (χ2v) is 6.72. The van der Waals surface area contributed by atoms with Crippen molar-refractivity contribution in [3.63, 3.8) is 0 Å². The number of likely N-dealkylation sites (tertiary alicyclic amines) is 1. The van der Waals surface area contributed by atoms with E-state index in [2.05, 4.69) is 5.32 Å². The van der Waals surface area contributed by atoms with Gasteiger partial charge in [0, 0.05) is 12.7 Å². The highest BCUT2D eigenvalue weighted by atomic mass is 19.1. The lowest BCUT2D eigenvalue weighted by Gasteiger charge is -2.20. The first kappa shape index (κ1) is 18.8. The van der Waals surface area contributed by atoms with Gasteiger partial charge < -0.3 is 10.2 Å². The Bertz CT molecular complexity index is 780. The summed E-state index contributed by atoms with van der Waals surface area (Å²) in [4.78, 5) is 51.3. The lowest BCUT2D eigenvalue weighted by molar-refractivity contribution is -0.146. The molecule has 2 atom stereocenters. The molecule has 0 saturated carbocycles. The quantitative estimate of drug-likeness (QED) is 0.620. The molecule has 1 aliphatic carbocycles. The van der Waals surface area contributed by atoms with Crippen LogP contribution in [0, 0.1) is 17.7 Å². The van der Waals surface area contributed by atoms with E-state index in [0.717, 1.165) is 9.80 Å². The standard InChI is InChI=1S/C19H20FN3O4/c1-22(10-16(24)21-13-8-6-12(20)7-9-13)17(25)11-23-18(26)14-4-2-3-5-15(14)19(23)27/h2-3,6-9,14-15H,4-5,10-11H2,1H3,(H,21,24)/t14-,15-/m1/s1. The van der Waals surface area contributed by atoms with Crippen LogP contribution >= 0.6 is 0 Å². The Hall–Kier alpha value is -3.03. The number of rotatable bonds is 5. The van der Waals surface area contributed by atoms with Gasteiger partial charge in [0.2, 0.25) is 23.6 Å². The van der Waals surface area contributed by atoms with Crippen molar-refractivity contribution >= 4 is 29.3 Å². The normalized spacial score (nSPS) is 21.2. The molecule has 0 bridgehead atoms. The molecule has 4 amide bonds. The second-order valence-electron chi connectivity index (χ2n) is 6.72. The van der Waals surface area contributed by atoms with Crippen LogP contribution in [0.4, 0.5) is 10.1 Å². The number of amides is 4. The summed E-state index contributed by atoms with van der Waals surface area (Å²) in [6.45, 7) is -0.619. The Morgan fingerprint density at radius 3 is 2.22 bits per heavy atom. The minimum Gasteiger partial charge on any atom is -0.335 e. The van der Waals surface area contributed by atoms with Gasteiger partial charge in [-0.1, -0.05) is 12.2 Å². The molecule has 1 aromatic rings. The molecule has 1 aromatic carbocycles. The third kappa shape index (κ3) is 4.05. The number of imide groups is 1. The maximum atomic E-state index is 12.9. The number of benzene rings is 1. The van der Waals surface area contributed by atoms with Crippen molar-refractivity contribution in [1.82, 2.24) is 9.80 Å². The number of allylic oxidation sites excluding steroid dienone is 2. The van der Waals surface area contributed by atoms with Gasteiger partial charge in [-0.15, -0.1) is 0 Å². The fourth-order valence-electron chi connectivity index (χ4n) is 3.32. The van der Waals surface area contributed by atoms with Crippen molar-refractivity contribution in [3.05, 3.63) is 42.2 Å². The number of carbonyl (C=O) groups excluding carboxylic acids is 4. The summed E-state index contributed by atoms with van der Waals surface area (Å²) in [7, 11) is 1.42. The van der Waals surface area contributed by atoms with Crippen LogP contribution in [-0.2, 0) is 19.2 Å². The lowest BCUT2D eigenvalue weighted by Crippen LogP contribution is -2.44. The number of anilines is 1. The first-order valence-electron chi connectivity index (χ1n) is 8.66. The molecule has 0 spiro atoms. The monoisotopic (exact) mass is 373 g/mol. The number of nitrogens with one attached hydrogen (secondary N) is 1. The van der Waals surface area contributed by atoms with E-state index in [4.69, 9.17) is 0 Å². The highest BCUT2D eigenvalue weighted by Crippen LogP contribution is 2.34. The maximum Gasteiger partial charge on any atom is 0.243 e. The van der Waals surface area contributed by atoms with Gasteiger partial charge in [-0.3, -0.25) is 24.1 Å². The van der Waals surface area contributed by atoms with Crippen molar-refractivity contribution in [1.29, 1.82) is 0 Å². The molecular weight excluding hydrogens is 353 g/mol. The van der Waals surface area contributed by atoms with Gasteiger partial charge in [-0.05, 0) is 37.1 Å². The predicted octanol–water partition coefficient (Wildman–Crippen LogP) is 1.17. The van der Waals surface area contributed by atoms with Crippen LogP contribution < -0.4 is 5.32 Å². The molecule has 1 saturated heterocycles. The summed E-state index contributed by atoms with van der Waals surface area (Å²) >= 11 is 0. The molecule has 1 aliphatic heterocycles. The predicted molar refractivity (Wildman–Crippen MR) is 94.7 cm³/mol. The Labute approximate surface area is 155 Å². The average molecular weight is 373 g/mol. The van der Waals surface area contributed by atoms with Crippen molar-refractivity contribution in [2.75, 3.05) is 25.5 Å². The first-order valence-corrected chi connectivity index (χ1v) is 8.66. The first-order chi connectivity index (χ1) is 12.9. The minimum absolute atomic E-state index is 0.249. The third-order valence-corrected chi connectivity index (χ3v) is 4.83. The Balaban J connectivity index is 1.54. The second kappa shape index (κ2) is 7.69. The molecule has 1 N–H and O–H groups in total. The topological polar surface area (TPSA) is 86.8 Å². The van der Waals surface area contributed by atoms with Gasteiger partial charge in [0.15, 0.2) is 0 Å². The number of likely N-dealkylation sites (N-methyl/N-ethyl adjacent to an activating group) is 1. The maximum absolute atomic E-state index is 12.9. The molecule has 0 aromatic heterocycles. The van der Waals surface area contributed by atoms with Crippen LogP contribution in [0.2, 0.25) is 0 Å². The summed E-state index contributed by atoms with van der Waals surface area (Å²) in [5.74, 6) is -2.81. The van der Waals surface area contributed by atoms with E-state index in [1.54, 1.807) is 0 Å². The van der Waals surface area contributed by atoms with Crippen molar-refractivity contribution in [2.45, 2.75) is 12.8 Å². The van der Waals surface area contributed by atoms with Gasteiger partial charge in [-0.2, -0.15) is 0 Å². The number of fused-ring (bicyclic) bond motifs is 1. The lowest BCUT2D eigenvalue weighted by atomic mass is 9.85. The number of nitrogens with zero attached hydrogens (tertiary/aromatic N) is 2. The highest BCUT2D eigenvalue weighted by Gasteiger charge is 2.47. The van der Waals surface area contributed by atoms with E-state index < -0.39 is 17.6 Å². The van der Waals surface area contributed by atoms with Crippen molar-refractivity contribution in [2.24, 2.45) is 11.8 Å². The minimum atomic E-state index is -0.502. The van der Waals surface area contributed by atoms with E-state index in [0.29, 0.717) is 18.5 Å². The summed E-state index contributed by atoms with van der Waals surface area (Å²) < 4.78 is 12.9. The van der Waals surface area contributed by atoms with E-state index in [-0.39, 0.29) is 36.7 Å². The van der Waals surface area contributed by atoms with Gasteiger partial charge in [0.25, 0.3) is 0 Å². The zero-order valence-corrected chi connectivity index (χ0v) is 14.9. The Kier molecular flexibility index (Phi) is 5.34. The molecule has 0 radical (unpaired) electrons. The molecule has 7 nitrogen and oxygen atoms in total. The van der Waals surface area contributed by atoms with Gasteiger partial charge in [0.1, 0.15) is 12.4 Å². The van der Waals surface area contributed by atoms with Gasteiger partial charge >= 0.3 is 0 Å². The molecule has 8 heteroatoms. The van der Waals surface area contributed by atoms with E-state index in [1.165, 1.54) is 31.3 Å². The zero-order chi connectivity index (χ0) is 19.6. The molecular formula is C19H20FN3O4. The number of carbonyl (C=O) groups is 4. The summed E-state index contributed by atoms with van der Waals surface area (Å²) in [5.41, 5.74) is 0.406. The smallest absolute Gasteiger partial charge is 0.243 e. The fourth-order valence-corrected chi connectivity index (χ4v) is 3.32. The number of hydrogen-bond donors (Lipinski definition) is 1. The summed E-state index contributed by atoms with van der Waals surface area (Å²) in [5, 5.41) is 2.55. The summed E-state index contributed by atoms with van der Waals surface area (Å²) in [6.07, 6.45) is 4.78. The molecule has 0 unspecified atom stereocenters. The fraction of sp³-hybridized carbons (Fsp3) is 0.368. The van der Waals surface area contributed by atoms with Gasteiger partial charge in [-0.25, -0.2) is 4.39 Å². The van der Waals surface area contributed by atoms with E-state index in [1.807, 2.05) is 12.2 Å². The SMILES string of the molecule is CN(CC(=O)Nc1ccc(F)cc1)C(=O)CN1C(=O)[C@@H]2CC=CC[C@H]2C1=O. The van der Waals surface area contributed by atoms with Crippen molar-refractivity contribution < 1.29 is 23.6 Å². The van der Waals surface area contributed by atoms with Crippen LogP contribution in [0.25, 0.3) is 0 Å². The molecule has 27 heavy (non-hydrogen) atoms. The largest absolute Gasteiger partial charge is 0.335 e. The Morgan fingerprint density at radius 2 is 1.67 bits per heavy atom. The third-order valence-electron chi connectivity index (χ3n) is 4.83. The number of hydrogen-bond acceptors (Lipinski definition) is 4. The molecule has 2 aliphatic rings. The van der Waals surface area contributed by atoms with Crippen LogP contribution in [0.15, 0.2) is 36.4 Å². The summed E-state index contributed by atoms with van der Waals surface area (Å²) in [6, 6.07) is 5.24. The number of halogens is 1. The highest BCUT2D eigenvalue weighted by molar-refractivity contribution is 6.07. The van der Waals surface area contributed by atoms with E-state index >= 15 is 0 Å². The average Bonchev–Trinajstić information content (AvgIpc) is 2.89. The van der Waals surface area contributed by atoms with Crippen LogP contribution in [0.3, 0.4) is 0 Å². The van der Waals surface area contributed by atoms with Gasteiger partial charge in [0.05, 0.1) is 18.4 Å². The molecule has 142 valence electrons.